The van der Waals surface area contributed by atoms with E-state index in [-0.39, 0.29) is 22.2 Å². The van der Waals surface area contributed by atoms with Gasteiger partial charge in [0.25, 0.3) is 15.7 Å². The molecule has 7 nitrogen and oxygen atoms in total. The molecule has 12 heteroatoms. The zero-order valence-corrected chi connectivity index (χ0v) is 17.3. The lowest BCUT2D eigenvalue weighted by molar-refractivity contribution is -0.118. The fraction of sp³-hybridized carbons (Fsp3) is 0.158. The molecule has 0 spiro atoms. The van der Waals surface area contributed by atoms with Crippen molar-refractivity contribution in [2.24, 2.45) is 5.73 Å². The highest BCUT2D eigenvalue weighted by Crippen LogP contribution is 2.40. The van der Waals surface area contributed by atoms with Crippen LogP contribution in [0.3, 0.4) is 0 Å². The van der Waals surface area contributed by atoms with Gasteiger partial charge in [0.15, 0.2) is 5.25 Å². The zero-order valence-electron chi connectivity index (χ0n) is 15.7. The summed E-state index contributed by atoms with van der Waals surface area (Å²) in [5.41, 5.74) is -1.10. The molecule has 1 atom stereocenters. The van der Waals surface area contributed by atoms with Crippen LogP contribution in [0.15, 0.2) is 48.7 Å². The van der Waals surface area contributed by atoms with Crippen molar-refractivity contribution < 1.29 is 35.9 Å². The molecule has 164 valence electrons. The lowest BCUT2D eigenvalue weighted by atomic mass is 10.1. The number of carbonyl (C=O) groups excluding carboxylic acids is 2. The predicted molar refractivity (Wildman–Crippen MR) is 107 cm³/mol. The molecule has 3 rings (SSSR count). The molecular formula is C19H14ClF3N2O5S. The first-order valence-corrected chi connectivity index (χ1v) is 10.4. The van der Waals surface area contributed by atoms with E-state index in [0.29, 0.717) is 5.02 Å². The maximum absolute atomic E-state index is 13.2. The van der Waals surface area contributed by atoms with Gasteiger partial charge in [-0.2, -0.15) is 13.2 Å². The minimum Gasteiger partial charge on any atom is -0.497 e. The molecule has 0 aliphatic rings. The number of hydrogen-bond acceptors (Lipinski definition) is 5. The quantitative estimate of drug-likeness (QED) is 0.609. The second kappa shape index (κ2) is 7.89. The van der Waals surface area contributed by atoms with Gasteiger partial charge in [-0.1, -0.05) is 11.6 Å². The van der Waals surface area contributed by atoms with Crippen LogP contribution in [0.2, 0.25) is 5.02 Å². The SMILES string of the molecule is COc1ccc2c(c1)c(C(C(N)=O)S(=O)(=O)C(F)(F)F)cn2C(=O)c1ccc(Cl)cc1. The first-order valence-electron chi connectivity index (χ1n) is 8.47. The highest BCUT2D eigenvalue weighted by atomic mass is 35.5. The summed E-state index contributed by atoms with van der Waals surface area (Å²) in [6, 6.07) is 9.64. The first-order chi connectivity index (χ1) is 14.4. The molecule has 1 amide bonds. The van der Waals surface area contributed by atoms with Crippen molar-refractivity contribution in [3.05, 3.63) is 64.8 Å². The Bertz CT molecular complexity index is 1280. The number of alkyl halides is 3. The summed E-state index contributed by atoms with van der Waals surface area (Å²) in [5.74, 6) is -2.26. The molecule has 31 heavy (non-hydrogen) atoms. The van der Waals surface area contributed by atoms with E-state index in [1.54, 1.807) is 0 Å². The van der Waals surface area contributed by atoms with Crippen LogP contribution in [-0.2, 0) is 14.6 Å². The van der Waals surface area contributed by atoms with E-state index in [0.717, 1.165) is 10.8 Å². The van der Waals surface area contributed by atoms with Crippen LogP contribution in [0.4, 0.5) is 13.2 Å². The predicted octanol–water partition coefficient (Wildman–Crippen LogP) is 3.45. The Balaban J connectivity index is 2.32. The molecule has 1 aromatic heterocycles. The number of amides is 1. The lowest BCUT2D eigenvalue weighted by Gasteiger charge is -2.16. The molecule has 3 aromatic rings. The molecule has 2 N–H and O–H groups in total. The number of fused-ring (bicyclic) bond motifs is 1. The van der Waals surface area contributed by atoms with Crippen molar-refractivity contribution in [3.8, 4) is 5.75 Å². The topological polar surface area (TPSA) is 108 Å². The normalized spacial score (nSPS) is 13.2. The Labute approximate surface area is 179 Å². The van der Waals surface area contributed by atoms with E-state index in [4.69, 9.17) is 22.1 Å². The summed E-state index contributed by atoms with van der Waals surface area (Å²) in [5, 5.41) is -2.52. The van der Waals surface area contributed by atoms with Crippen molar-refractivity contribution >= 4 is 44.2 Å². The molecular weight excluding hydrogens is 461 g/mol. The Morgan fingerprint density at radius 3 is 2.26 bits per heavy atom. The van der Waals surface area contributed by atoms with Crippen LogP contribution in [0, 0.1) is 0 Å². The van der Waals surface area contributed by atoms with Crippen molar-refractivity contribution in [2.75, 3.05) is 7.11 Å². The van der Waals surface area contributed by atoms with E-state index in [9.17, 15) is 31.2 Å². The van der Waals surface area contributed by atoms with Gasteiger partial charge in [0.05, 0.1) is 12.6 Å². The van der Waals surface area contributed by atoms with E-state index in [1.165, 1.54) is 49.6 Å². The standard InChI is InChI=1S/C19H14ClF3N2O5S/c1-30-12-6-7-15-13(8-12)14(16(17(24)26)31(28,29)19(21,22)23)9-25(15)18(27)10-2-4-11(20)5-3-10/h2-9,16H,1H3,(H2,24,26). The number of ether oxygens (including phenoxy) is 1. The summed E-state index contributed by atoms with van der Waals surface area (Å²) >= 11 is 5.81. The number of nitrogens with zero attached hydrogens (tertiary/aromatic N) is 1. The van der Waals surface area contributed by atoms with E-state index in [2.05, 4.69) is 0 Å². The van der Waals surface area contributed by atoms with E-state index in [1.807, 2.05) is 0 Å². The van der Waals surface area contributed by atoms with Crippen LogP contribution in [-0.4, -0.2) is 37.4 Å². The molecule has 2 aromatic carbocycles. The highest BCUT2D eigenvalue weighted by Gasteiger charge is 2.54. The summed E-state index contributed by atoms with van der Waals surface area (Å²) in [6.45, 7) is 0. The number of benzene rings is 2. The Morgan fingerprint density at radius 1 is 1.13 bits per heavy atom. The van der Waals surface area contributed by atoms with Gasteiger partial charge in [-0.15, -0.1) is 0 Å². The Hall–Kier alpha value is -3.05. The van der Waals surface area contributed by atoms with Gasteiger partial charge in [0, 0.05) is 27.7 Å². The number of hydrogen-bond donors (Lipinski definition) is 1. The number of methoxy groups -OCH3 is 1. The number of aromatic nitrogens is 1. The minimum absolute atomic E-state index is 0.0550. The van der Waals surface area contributed by atoms with Crippen LogP contribution in [0.5, 0.6) is 5.75 Å². The number of nitrogens with two attached hydrogens (primary N) is 1. The maximum atomic E-state index is 13.2. The number of sulfone groups is 1. The van der Waals surface area contributed by atoms with Crippen molar-refractivity contribution in [2.45, 2.75) is 10.8 Å². The summed E-state index contributed by atoms with van der Waals surface area (Å²) in [4.78, 5) is 24.9. The Morgan fingerprint density at radius 2 is 1.74 bits per heavy atom. The first kappa shape index (κ1) is 22.6. The second-order valence-corrected chi connectivity index (χ2v) is 8.88. The molecule has 0 aliphatic carbocycles. The third-order valence-corrected chi connectivity index (χ3v) is 6.53. The van der Waals surface area contributed by atoms with Crippen LogP contribution in [0.1, 0.15) is 21.2 Å². The van der Waals surface area contributed by atoms with Crippen LogP contribution < -0.4 is 10.5 Å². The summed E-state index contributed by atoms with van der Waals surface area (Å²) < 4.78 is 69.9. The van der Waals surface area contributed by atoms with E-state index >= 15 is 0 Å². The lowest BCUT2D eigenvalue weighted by Crippen LogP contribution is -2.36. The second-order valence-electron chi connectivity index (χ2n) is 6.42. The number of primary amides is 1. The number of rotatable bonds is 5. The summed E-state index contributed by atoms with van der Waals surface area (Å²) in [7, 11) is -4.76. The molecule has 0 aliphatic heterocycles. The summed E-state index contributed by atoms with van der Waals surface area (Å²) in [6.07, 6.45) is 0.861. The molecule has 1 heterocycles. The fourth-order valence-electron chi connectivity index (χ4n) is 3.08. The van der Waals surface area contributed by atoms with Crippen LogP contribution in [0.25, 0.3) is 10.9 Å². The smallest absolute Gasteiger partial charge is 0.497 e. The van der Waals surface area contributed by atoms with E-state index < -0.39 is 38.0 Å². The molecule has 0 saturated carbocycles. The zero-order chi connectivity index (χ0) is 23.1. The molecule has 0 radical (unpaired) electrons. The van der Waals surface area contributed by atoms with Crippen molar-refractivity contribution in [1.82, 2.24) is 4.57 Å². The van der Waals surface area contributed by atoms with Gasteiger partial charge in [-0.25, -0.2) is 8.42 Å². The van der Waals surface area contributed by atoms with Crippen molar-refractivity contribution in [3.63, 3.8) is 0 Å². The third-order valence-electron chi connectivity index (χ3n) is 4.53. The van der Waals surface area contributed by atoms with Gasteiger partial charge in [-0.3, -0.25) is 14.2 Å². The molecule has 0 fully saturated rings. The number of carbonyl (C=O) groups is 2. The van der Waals surface area contributed by atoms with Gasteiger partial charge < -0.3 is 10.5 Å². The maximum Gasteiger partial charge on any atom is 0.498 e. The molecule has 0 bridgehead atoms. The minimum atomic E-state index is -6.04. The third kappa shape index (κ3) is 3.98. The van der Waals surface area contributed by atoms with Crippen LogP contribution >= 0.6 is 11.6 Å². The monoisotopic (exact) mass is 474 g/mol. The fourth-order valence-corrected chi connectivity index (χ4v) is 4.30. The van der Waals surface area contributed by atoms with Gasteiger partial charge in [-0.05, 0) is 42.5 Å². The van der Waals surface area contributed by atoms with Gasteiger partial charge >= 0.3 is 5.51 Å². The Kier molecular flexibility index (Phi) is 5.76. The molecule has 1 unspecified atom stereocenters. The highest BCUT2D eigenvalue weighted by molar-refractivity contribution is 7.93. The molecule has 0 saturated heterocycles. The largest absolute Gasteiger partial charge is 0.498 e. The van der Waals surface area contributed by atoms with Gasteiger partial charge in [0.2, 0.25) is 5.91 Å². The number of halogens is 4. The average Bonchev–Trinajstić information content (AvgIpc) is 3.05. The van der Waals surface area contributed by atoms with Gasteiger partial charge in [0.1, 0.15) is 5.75 Å². The average molecular weight is 475 g/mol. The van der Waals surface area contributed by atoms with Crippen molar-refractivity contribution in [1.29, 1.82) is 0 Å².